The van der Waals surface area contributed by atoms with E-state index in [2.05, 4.69) is 22.1 Å². The number of hydrogen-bond acceptors (Lipinski definition) is 5. The SMILES string of the molecule is C=CCO[C@H](C)C(=O)Nc1ccc(-c2nnc(C)o2)cc1. The van der Waals surface area contributed by atoms with Crippen LogP contribution < -0.4 is 5.32 Å². The number of aromatic nitrogens is 2. The topological polar surface area (TPSA) is 77.2 Å². The van der Waals surface area contributed by atoms with Crippen LogP contribution in [-0.2, 0) is 9.53 Å². The molecule has 1 aromatic heterocycles. The summed E-state index contributed by atoms with van der Waals surface area (Å²) in [5.74, 6) is 0.752. The van der Waals surface area contributed by atoms with Crippen LogP contribution in [-0.4, -0.2) is 28.8 Å². The fourth-order valence-electron chi connectivity index (χ4n) is 1.64. The molecule has 2 aromatic rings. The van der Waals surface area contributed by atoms with Gasteiger partial charge in [0.1, 0.15) is 6.10 Å². The quantitative estimate of drug-likeness (QED) is 0.826. The molecule has 0 aliphatic carbocycles. The number of anilines is 1. The van der Waals surface area contributed by atoms with Gasteiger partial charge in [-0.15, -0.1) is 16.8 Å². The molecule has 6 nitrogen and oxygen atoms in total. The lowest BCUT2D eigenvalue weighted by molar-refractivity contribution is -0.125. The maximum atomic E-state index is 11.9. The maximum Gasteiger partial charge on any atom is 0.253 e. The van der Waals surface area contributed by atoms with Crippen LogP contribution in [0.25, 0.3) is 11.5 Å². The second kappa shape index (κ2) is 6.81. The van der Waals surface area contributed by atoms with Gasteiger partial charge < -0.3 is 14.5 Å². The molecule has 21 heavy (non-hydrogen) atoms. The van der Waals surface area contributed by atoms with Crippen LogP contribution in [0.4, 0.5) is 5.69 Å². The summed E-state index contributed by atoms with van der Waals surface area (Å²) in [6, 6.07) is 7.15. The smallest absolute Gasteiger partial charge is 0.253 e. The third-order valence-electron chi connectivity index (χ3n) is 2.76. The fraction of sp³-hybridized carbons (Fsp3) is 0.267. The van der Waals surface area contributed by atoms with Crippen molar-refractivity contribution in [3.05, 3.63) is 42.8 Å². The van der Waals surface area contributed by atoms with Gasteiger partial charge >= 0.3 is 0 Å². The Morgan fingerprint density at radius 2 is 2.14 bits per heavy atom. The van der Waals surface area contributed by atoms with E-state index in [0.717, 1.165) is 5.56 Å². The number of ether oxygens (including phenoxy) is 1. The summed E-state index contributed by atoms with van der Waals surface area (Å²) >= 11 is 0. The Morgan fingerprint density at radius 3 is 2.71 bits per heavy atom. The van der Waals surface area contributed by atoms with Crippen LogP contribution in [0.1, 0.15) is 12.8 Å². The monoisotopic (exact) mass is 287 g/mol. The lowest BCUT2D eigenvalue weighted by atomic mass is 10.2. The number of carbonyl (C=O) groups excluding carboxylic acids is 1. The molecule has 6 heteroatoms. The molecule has 1 amide bonds. The zero-order valence-corrected chi connectivity index (χ0v) is 12.0. The van der Waals surface area contributed by atoms with E-state index >= 15 is 0 Å². The minimum atomic E-state index is -0.540. The molecule has 0 saturated heterocycles. The van der Waals surface area contributed by atoms with Crippen molar-refractivity contribution in [1.82, 2.24) is 10.2 Å². The molecule has 2 rings (SSSR count). The molecular formula is C15H17N3O3. The lowest BCUT2D eigenvalue weighted by Gasteiger charge is -2.12. The molecule has 1 heterocycles. The molecule has 0 saturated carbocycles. The van der Waals surface area contributed by atoms with Crippen molar-refractivity contribution >= 4 is 11.6 Å². The highest BCUT2D eigenvalue weighted by Crippen LogP contribution is 2.20. The van der Waals surface area contributed by atoms with Crippen LogP contribution >= 0.6 is 0 Å². The normalized spacial score (nSPS) is 11.9. The third kappa shape index (κ3) is 4.00. The molecule has 110 valence electrons. The van der Waals surface area contributed by atoms with E-state index in [9.17, 15) is 4.79 Å². The van der Waals surface area contributed by atoms with E-state index in [1.807, 2.05) is 0 Å². The molecule has 1 aromatic carbocycles. The minimum Gasteiger partial charge on any atom is -0.421 e. The van der Waals surface area contributed by atoms with E-state index in [-0.39, 0.29) is 5.91 Å². The number of nitrogens with one attached hydrogen (secondary N) is 1. The van der Waals surface area contributed by atoms with Gasteiger partial charge in [0, 0.05) is 18.2 Å². The van der Waals surface area contributed by atoms with E-state index in [4.69, 9.17) is 9.15 Å². The standard InChI is InChI=1S/C15H17N3O3/c1-4-9-20-10(2)14(19)16-13-7-5-12(6-8-13)15-18-17-11(3)21-15/h4-8,10H,1,9H2,2-3H3,(H,16,19)/t10-/m1/s1. The first-order chi connectivity index (χ1) is 10.1. The Bertz CT molecular complexity index is 619. The van der Waals surface area contributed by atoms with Crippen molar-refractivity contribution in [3.63, 3.8) is 0 Å². The van der Waals surface area contributed by atoms with Gasteiger partial charge in [-0.2, -0.15) is 0 Å². The van der Waals surface area contributed by atoms with Crippen molar-refractivity contribution in [2.24, 2.45) is 0 Å². The summed E-state index contributed by atoms with van der Waals surface area (Å²) in [6.07, 6.45) is 1.06. The Hall–Kier alpha value is -2.47. The van der Waals surface area contributed by atoms with Crippen LogP contribution in [0.2, 0.25) is 0 Å². The lowest BCUT2D eigenvalue weighted by Crippen LogP contribution is -2.27. The predicted molar refractivity (Wildman–Crippen MR) is 78.7 cm³/mol. The largest absolute Gasteiger partial charge is 0.421 e. The molecule has 0 radical (unpaired) electrons. The number of hydrogen-bond donors (Lipinski definition) is 1. The Labute approximate surface area is 122 Å². The van der Waals surface area contributed by atoms with Crippen molar-refractivity contribution in [2.45, 2.75) is 20.0 Å². The summed E-state index contributed by atoms with van der Waals surface area (Å²) in [6.45, 7) is 7.30. The van der Waals surface area contributed by atoms with Gasteiger partial charge in [0.05, 0.1) is 6.61 Å². The van der Waals surface area contributed by atoms with Crippen LogP contribution in [0.3, 0.4) is 0 Å². The third-order valence-corrected chi connectivity index (χ3v) is 2.76. The second-order valence-electron chi connectivity index (χ2n) is 4.46. The minimum absolute atomic E-state index is 0.210. The highest BCUT2D eigenvalue weighted by molar-refractivity contribution is 5.94. The summed E-state index contributed by atoms with van der Waals surface area (Å²) in [7, 11) is 0. The average molecular weight is 287 g/mol. The van der Waals surface area contributed by atoms with Crippen molar-refractivity contribution in [3.8, 4) is 11.5 Å². The molecule has 0 unspecified atom stereocenters. The van der Waals surface area contributed by atoms with Crippen LogP contribution in [0.15, 0.2) is 41.3 Å². The van der Waals surface area contributed by atoms with Gasteiger partial charge in [-0.25, -0.2) is 0 Å². The highest BCUT2D eigenvalue weighted by atomic mass is 16.5. The molecule has 1 N–H and O–H groups in total. The number of rotatable bonds is 6. The van der Waals surface area contributed by atoms with Crippen LogP contribution in [0, 0.1) is 6.92 Å². The molecule has 0 aliphatic heterocycles. The zero-order valence-electron chi connectivity index (χ0n) is 12.0. The van der Waals surface area contributed by atoms with Crippen molar-refractivity contribution in [2.75, 3.05) is 11.9 Å². The summed E-state index contributed by atoms with van der Waals surface area (Å²) < 4.78 is 10.6. The number of aryl methyl sites for hydroxylation is 1. The second-order valence-corrected chi connectivity index (χ2v) is 4.46. The molecule has 0 aliphatic rings. The number of amides is 1. The van der Waals surface area contributed by atoms with Gasteiger partial charge in [-0.3, -0.25) is 4.79 Å². The van der Waals surface area contributed by atoms with Gasteiger partial charge in [0.2, 0.25) is 11.8 Å². The van der Waals surface area contributed by atoms with Crippen molar-refractivity contribution in [1.29, 1.82) is 0 Å². The average Bonchev–Trinajstić information content (AvgIpc) is 2.92. The van der Waals surface area contributed by atoms with E-state index in [0.29, 0.717) is 24.1 Å². The first-order valence-corrected chi connectivity index (χ1v) is 6.54. The summed E-state index contributed by atoms with van der Waals surface area (Å²) in [5.41, 5.74) is 1.47. The first-order valence-electron chi connectivity index (χ1n) is 6.54. The molecule has 0 fully saturated rings. The summed E-state index contributed by atoms with van der Waals surface area (Å²) in [4.78, 5) is 11.9. The predicted octanol–water partition coefficient (Wildman–Crippen LogP) is 2.57. The number of benzene rings is 1. The molecular weight excluding hydrogens is 270 g/mol. The molecule has 0 spiro atoms. The van der Waals surface area contributed by atoms with Gasteiger partial charge in [-0.1, -0.05) is 6.08 Å². The molecule has 0 bridgehead atoms. The summed E-state index contributed by atoms with van der Waals surface area (Å²) in [5, 5.41) is 10.5. The van der Waals surface area contributed by atoms with E-state index in [1.54, 1.807) is 44.2 Å². The number of nitrogens with zero attached hydrogens (tertiary/aromatic N) is 2. The highest BCUT2D eigenvalue weighted by Gasteiger charge is 2.13. The van der Waals surface area contributed by atoms with Gasteiger partial charge in [0.15, 0.2) is 0 Å². The van der Waals surface area contributed by atoms with E-state index in [1.165, 1.54) is 0 Å². The van der Waals surface area contributed by atoms with Crippen LogP contribution in [0.5, 0.6) is 0 Å². The van der Waals surface area contributed by atoms with Gasteiger partial charge in [0.25, 0.3) is 5.91 Å². The first kappa shape index (κ1) is 14.9. The zero-order chi connectivity index (χ0) is 15.2. The van der Waals surface area contributed by atoms with Crippen molar-refractivity contribution < 1.29 is 13.9 Å². The van der Waals surface area contributed by atoms with E-state index < -0.39 is 6.10 Å². The Morgan fingerprint density at radius 1 is 1.43 bits per heavy atom. The fourth-order valence-corrected chi connectivity index (χ4v) is 1.64. The van der Waals surface area contributed by atoms with Gasteiger partial charge in [-0.05, 0) is 31.2 Å². The Kier molecular flexibility index (Phi) is 4.84. The maximum absolute atomic E-state index is 11.9. The number of carbonyl (C=O) groups is 1. The molecule has 1 atom stereocenters. The Balaban J connectivity index is 1.99.